The van der Waals surface area contributed by atoms with Gasteiger partial charge in [-0.2, -0.15) is 0 Å². The molecule has 0 radical (unpaired) electrons. The van der Waals surface area contributed by atoms with Gasteiger partial charge >= 0.3 is 0 Å². The summed E-state index contributed by atoms with van der Waals surface area (Å²) in [4.78, 5) is 24.7. The van der Waals surface area contributed by atoms with Crippen molar-refractivity contribution in [2.75, 3.05) is 18.4 Å². The molecule has 0 bridgehead atoms. The summed E-state index contributed by atoms with van der Waals surface area (Å²) in [7, 11) is 0. The van der Waals surface area contributed by atoms with E-state index in [1.165, 1.54) is 32.4 Å². The predicted octanol–water partition coefficient (Wildman–Crippen LogP) is 4.15. The third kappa shape index (κ3) is 7.31. The van der Waals surface area contributed by atoms with Crippen LogP contribution in [0.5, 0.6) is 11.5 Å². The number of hydrogen-bond acceptors (Lipinski definition) is 6. The number of carbonyl (C=O) groups is 1. The maximum atomic E-state index is 10.2. The highest BCUT2D eigenvalue weighted by Crippen LogP contribution is 2.21. The van der Waals surface area contributed by atoms with Crippen molar-refractivity contribution in [2.45, 2.75) is 25.8 Å². The summed E-state index contributed by atoms with van der Waals surface area (Å²) >= 11 is 0. The number of nitrogens with one attached hydrogen (secondary N) is 1. The van der Waals surface area contributed by atoms with Crippen LogP contribution in [0.25, 0.3) is 0 Å². The Labute approximate surface area is 172 Å². The topological polar surface area (TPSA) is 80.2 Å². The molecule has 152 valence electrons. The molecule has 29 heavy (non-hydrogen) atoms. The van der Waals surface area contributed by atoms with E-state index >= 15 is 0 Å². The van der Waals surface area contributed by atoms with Crippen LogP contribution >= 0.6 is 0 Å². The van der Waals surface area contributed by atoms with Gasteiger partial charge in [0.1, 0.15) is 17.8 Å². The molecule has 0 aliphatic carbocycles. The zero-order chi connectivity index (χ0) is 20.2. The summed E-state index contributed by atoms with van der Waals surface area (Å²) in [5.74, 6) is 1.38. The second-order valence-corrected chi connectivity index (χ2v) is 6.61. The molecule has 0 saturated carbocycles. The predicted molar refractivity (Wildman–Crippen MR) is 114 cm³/mol. The Balaban J connectivity index is 0.000000211. The average molecular weight is 393 g/mol. The fraction of sp³-hybridized carbons (Fsp3) is 0.273. The summed E-state index contributed by atoms with van der Waals surface area (Å²) < 4.78 is 5.53. The largest absolute Gasteiger partial charge is 0.456 e. The fourth-order valence-corrected chi connectivity index (χ4v) is 2.99. The molecule has 1 N–H and O–H groups in total. The number of piperidine rings is 1. The monoisotopic (exact) mass is 393 g/mol. The summed E-state index contributed by atoms with van der Waals surface area (Å²) in [6.45, 7) is 3.44. The number of carbonyl (C=O) groups excluding carboxylic acids is 1. The van der Waals surface area contributed by atoms with E-state index in [1.807, 2.05) is 18.3 Å². The number of anilines is 1. The van der Waals surface area contributed by atoms with Crippen molar-refractivity contribution in [3.63, 3.8) is 0 Å². The molecule has 7 nitrogen and oxygen atoms in total. The van der Waals surface area contributed by atoms with Gasteiger partial charge in [0.05, 0.1) is 11.9 Å². The van der Waals surface area contributed by atoms with Gasteiger partial charge in [0.15, 0.2) is 0 Å². The summed E-state index contributed by atoms with van der Waals surface area (Å²) in [6.07, 6.45) is 11.5. The standard InChI is InChI=1S/C12H10N2O2.C10H15N3.H2/c15-9-14-10-3-5-11(6-4-10)16-12-2-1-7-13-8-12;1-2-6-13(7-3-1)8-10-4-5-11-9-12-10;/h1-9H,(H,14,15);4-5,9H,1-3,6-8H2;1H. The van der Waals surface area contributed by atoms with Crippen molar-refractivity contribution in [3.05, 3.63) is 73.1 Å². The van der Waals surface area contributed by atoms with Crippen LogP contribution in [0.3, 0.4) is 0 Å². The van der Waals surface area contributed by atoms with Crippen LogP contribution in [-0.4, -0.2) is 39.4 Å². The SMILES string of the molecule is O=CNc1ccc(Oc2cccnc2)cc1.[HH].c1cc(CN2CCCCC2)ncn1. The molecule has 1 aliphatic heterocycles. The molecule has 1 aliphatic rings. The number of likely N-dealkylation sites (tertiary alicyclic amines) is 1. The molecule has 7 heteroatoms. The van der Waals surface area contributed by atoms with Gasteiger partial charge in [0.2, 0.25) is 6.41 Å². The number of rotatable bonds is 6. The molecule has 1 aromatic carbocycles. The molecular weight excluding hydrogens is 366 g/mol. The molecule has 1 saturated heterocycles. The molecule has 1 amide bonds. The number of nitrogens with zero attached hydrogens (tertiary/aromatic N) is 4. The smallest absolute Gasteiger partial charge is 0.211 e. The van der Waals surface area contributed by atoms with Crippen molar-refractivity contribution in [2.24, 2.45) is 0 Å². The molecular formula is C22H27N5O2. The van der Waals surface area contributed by atoms with E-state index in [0.717, 1.165) is 17.9 Å². The van der Waals surface area contributed by atoms with Crippen LogP contribution in [0, 0.1) is 0 Å². The number of hydrogen-bond donors (Lipinski definition) is 1. The molecule has 0 spiro atoms. The Hall–Kier alpha value is -3.32. The summed E-state index contributed by atoms with van der Waals surface area (Å²) in [6, 6.07) is 12.7. The van der Waals surface area contributed by atoms with E-state index in [9.17, 15) is 4.79 Å². The highest BCUT2D eigenvalue weighted by Gasteiger charge is 2.10. The maximum absolute atomic E-state index is 10.2. The first-order valence-corrected chi connectivity index (χ1v) is 9.69. The minimum Gasteiger partial charge on any atom is -0.456 e. The number of ether oxygens (including phenoxy) is 1. The van der Waals surface area contributed by atoms with E-state index in [-0.39, 0.29) is 1.43 Å². The van der Waals surface area contributed by atoms with Crippen LogP contribution < -0.4 is 10.1 Å². The number of amides is 1. The lowest BCUT2D eigenvalue weighted by atomic mass is 10.1. The van der Waals surface area contributed by atoms with Gasteiger partial charge in [-0.3, -0.25) is 14.7 Å². The number of benzene rings is 1. The van der Waals surface area contributed by atoms with Crippen LogP contribution in [-0.2, 0) is 11.3 Å². The summed E-state index contributed by atoms with van der Waals surface area (Å²) in [5, 5.41) is 2.55. The first kappa shape index (κ1) is 20.4. The van der Waals surface area contributed by atoms with Gasteiger partial charge in [-0.05, 0) is 68.4 Å². The fourth-order valence-electron chi connectivity index (χ4n) is 2.99. The van der Waals surface area contributed by atoms with Crippen LogP contribution in [0.4, 0.5) is 5.69 Å². The first-order chi connectivity index (χ1) is 14.3. The van der Waals surface area contributed by atoms with E-state index in [4.69, 9.17) is 4.74 Å². The molecule has 0 atom stereocenters. The van der Waals surface area contributed by atoms with E-state index < -0.39 is 0 Å². The first-order valence-electron chi connectivity index (χ1n) is 9.69. The number of pyridine rings is 1. The highest BCUT2D eigenvalue weighted by molar-refractivity contribution is 5.71. The van der Waals surface area contributed by atoms with Gasteiger partial charge in [0, 0.05) is 26.1 Å². The Morgan fingerprint density at radius 2 is 1.83 bits per heavy atom. The van der Waals surface area contributed by atoms with E-state index in [1.54, 1.807) is 49.1 Å². The van der Waals surface area contributed by atoms with Gasteiger partial charge in [0.25, 0.3) is 0 Å². The highest BCUT2D eigenvalue weighted by atomic mass is 16.5. The molecule has 1 fully saturated rings. The van der Waals surface area contributed by atoms with Gasteiger partial charge in [-0.25, -0.2) is 9.97 Å². The van der Waals surface area contributed by atoms with Gasteiger partial charge < -0.3 is 10.1 Å². The zero-order valence-corrected chi connectivity index (χ0v) is 16.3. The third-order valence-corrected chi connectivity index (χ3v) is 4.43. The van der Waals surface area contributed by atoms with E-state index in [0.29, 0.717) is 17.9 Å². The Bertz CT molecular complexity index is 844. The molecule has 3 heterocycles. The Kier molecular flexibility index (Phi) is 8.10. The van der Waals surface area contributed by atoms with E-state index in [2.05, 4.69) is 25.2 Å². The van der Waals surface area contributed by atoms with Gasteiger partial charge in [-0.15, -0.1) is 0 Å². The molecule has 3 aromatic rings. The molecule has 2 aromatic heterocycles. The lowest BCUT2D eigenvalue weighted by Gasteiger charge is -2.25. The lowest BCUT2D eigenvalue weighted by molar-refractivity contribution is -0.105. The van der Waals surface area contributed by atoms with Crippen molar-refractivity contribution < 1.29 is 11.0 Å². The zero-order valence-electron chi connectivity index (χ0n) is 16.3. The lowest BCUT2D eigenvalue weighted by Crippen LogP contribution is -2.29. The second kappa shape index (κ2) is 11.5. The second-order valence-electron chi connectivity index (χ2n) is 6.61. The Morgan fingerprint density at radius 1 is 1.00 bits per heavy atom. The average Bonchev–Trinajstić information content (AvgIpc) is 2.78. The minimum absolute atomic E-state index is 0. The van der Waals surface area contributed by atoms with Crippen LogP contribution in [0.2, 0.25) is 0 Å². The maximum Gasteiger partial charge on any atom is 0.211 e. The van der Waals surface area contributed by atoms with Crippen LogP contribution in [0.15, 0.2) is 67.4 Å². The van der Waals surface area contributed by atoms with Crippen LogP contribution in [0.1, 0.15) is 26.4 Å². The number of aromatic nitrogens is 3. The minimum atomic E-state index is 0. The van der Waals surface area contributed by atoms with Crippen molar-refractivity contribution in [1.82, 2.24) is 19.9 Å². The van der Waals surface area contributed by atoms with Crippen molar-refractivity contribution in [1.29, 1.82) is 0 Å². The molecule has 4 rings (SSSR count). The van der Waals surface area contributed by atoms with Gasteiger partial charge in [-0.1, -0.05) is 6.42 Å². The van der Waals surface area contributed by atoms with Crippen molar-refractivity contribution >= 4 is 12.1 Å². The Morgan fingerprint density at radius 3 is 2.48 bits per heavy atom. The molecule has 0 unspecified atom stereocenters. The normalized spacial score (nSPS) is 13.7. The third-order valence-electron chi connectivity index (χ3n) is 4.43. The quantitative estimate of drug-likeness (QED) is 0.634. The summed E-state index contributed by atoms with van der Waals surface area (Å²) in [5.41, 5.74) is 1.87. The van der Waals surface area contributed by atoms with Crippen molar-refractivity contribution in [3.8, 4) is 11.5 Å².